The molecule has 0 heteroatoms. The van der Waals surface area contributed by atoms with E-state index < -0.39 is 0 Å². The molecule has 1 unspecified atom stereocenters. The molecule has 3 aromatic rings. The summed E-state index contributed by atoms with van der Waals surface area (Å²) < 4.78 is 0. The summed E-state index contributed by atoms with van der Waals surface area (Å²) in [4.78, 5) is 0. The van der Waals surface area contributed by atoms with Crippen molar-refractivity contribution in [1.82, 2.24) is 0 Å². The van der Waals surface area contributed by atoms with Crippen molar-refractivity contribution in [1.29, 1.82) is 0 Å². The fourth-order valence-electron chi connectivity index (χ4n) is 5.32. The van der Waals surface area contributed by atoms with Crippen molar-refractivity contribution in [3.05, 3.63) is 130 Å². The number of fused-ring (bicyclic) bond motifs is 3. The molecule has 1 atom stereocenters. The summed E-state index contributed by atoms with van der Waals surface area (Å²) in [5, 5.41) is 0. The van der Waals surface area contributed by atoms with Crippen LogP contribution in [-0.4, -0.2) is 0 Å². The average molecular weight is 348 g/mol. The Balaban J connectivity index is 1.97. The smallest absolute Gasteiger partial charge is 0.0676 e. The first-order valence-electron chi connectivity index (χ1n) is 9.78. The maximum atomic E-state index is 2.42. The number of allylic oxidation sites excluding steroid dienone is 4. The lowest BCUT2D eigenvalue weighted by Crippen LogP contribution is -2.34. The number of hydrogen-bond donors (Lipinski definition) is 0. The summed E-state index contributed by atoms with van der Waals surface area (Å²) in [5.41, 5.74) is 8.24. The van der Waals surface area contributed by atoms with Gasteiger partial charge in [-0.2, -0.15) is 0 Å². The molecule has 0 aromatic heterocycles. The van der Waals surface area contributed by atoms with Crippen LogP contribution >= 0.6 is 0 Å². The Morgan fingerprint density at radius 2 is 1.37 bits per heavy atom. The summed E-state index contributed by atoms with van der Waals surface area (Å²) >= 11 is 0. The van der Waals surface area contributed by atoms with Gasteiger partial charge in [-0.15, -0.1) is 0 Å². The molecule has 0 radical (unpaired) electrons. The van der Waals surface area contributed by atoms with Crippen molar-refractivity contribution in [2.45, 2.75) is 31.1 Å². The first kappa shape index (κ1) is 16.3. The minimum Gasteiger partial charge on any atom is -0.0833 e. The molecule has 0 spiro atoms. The number of aryl methyl sites for hydroxylation is 1. The van der Waals surface area contributed by atoms with Gasteiger partial charge in [0.25, 0.3) is 0 Å². The highest BCUT2D eigenvalue weighted by Gasteiger charge is 2.55. The molecule has 0 fully saturated rings. The zero-order valence-electron chi connectivity index (χ0n) is 15.9. The van der Waals surface area contributed by atoms with Crippen molar-refractivity contribution >= 4 is 0 Å². The second-order valence-electron chi connectivity index (χ2n) is 8.08. The van der Waals surface area contributed by atoms with E-state index in [1.165, 1.54) is 33.4 Å². The summed E-state index contributed by atoms with van der Waals surface area (Å²) in [6.07, 6.45) is 7.99. The standard InChI is InChI=1S/C27H24/c1-20-16-17-23-24(19-20)27(21-11-5-3-6-12-21,22-13-7-4-8-14-22)25-15-9-10-18-26(23,25)2/h3-17,19H,18H2,1-2H3. The topological polar surface area (TPSA) is 0 Å². The highest BCUT2D eigenvalue weighted by molar-refractivity contribution is 5.72. The molecule has 0 bridgehead atoms. The minimum absolute atomic E-state index is 0.0312. The van der Waals surface area contributed by atoms with E-state index in [1.807, 2.05) is 0 Å². The van der Waals surface area contributed by atoms with Crippen LogP contribution in [0.3, 0.4) is 0 Å². The van der Waals surface area contributed by atoms with E-state index in [0.717, 1.165) is 6.42 Å². The molecule has 0 nitrogen and oxygen atoms in total. The second-order valence-corrected chi connectivity index (χ2v) is 8.08. The molecule has 0 heterocycles. The predicted octanol–water partition coefficient (Wildman–Crippen LogP) is 6.49. The van der Waals surface area contributed by atoms with E-state index in [-0.39, 0.29) is 10.8 Å². The van der Waals surface area contributed by atoms with Crippen LogP contribution in [0.4, 0.5) is 0 Å². The van der Waals surface area contributed by atoms with Crippen LogP contribution in [-0.2, 0) is 10.8 Å². The summed E-state index contributed by atoms with van der Waals surface area (Å²) in [6.45, 7) is 4.63. The van der Waals surface area contributed by atoms with Gasteiger partial charge in [-0.05, 0) is 41.2 Å². The van der Waals surface area contributed by atoms with Crippen LogP contribution in [0.15, 0.2) is 103 Å². The molecule has 27 heavy (non-hydrogen) atoms. The number of rotatable bonds is 2. The van der Waals surface area contributed by atoms with E-state index in [9.17, 15) is 0 Å². The third kappa shape index (κ3) is 2.10. The average Bonchev–Trinajstić information content (AvgIpc) is 2.94. The largest absolute Gasteiger partial charge is 0.0833 e. The minimum atomic E-state index is -0.233. The predicted molar refractivity (Wildman–Crippen MR) is 113 cm³/mol. The van der Waals surface area contributed by atoms with Crippen LogP contribution in [0, 0.1) is 6.92 Å². The Kier molecular flexibility index (Phi) is 3.52. The molecular weight excluding hydrogens is 324 g/mol. The highest BCUT2D eigenvalue weighted by atomic mass is 14.6. The molecule has 0 saturated carbocycles. The maximum absolute atomic E-state index is 2.42. The molecule has 2 aliphatic carbocycles. The second kappa shape index (κ2) is 5.82. The van der Waals surface area contributed by atoms with Crippen LogP contribution in [0.5, 0.6) is 0 Å². The monoisotopic (exact) mass is 348 g/mol. The van der Waals surface area contributed by atoms with E-state index >= 15 is 0 Å². The van der Waals surface area contributed by atoms with Crippen LogP contribution in [0.2, 0.25) is 0 Å². The van der Waals surface area contributed by atoms with Gasteiger partial charge in [0, 0.05) is 5.41 Å². The highest BCUT2D eigenvalue weighted by Crippen LogP contribution is 2.61. The molecule has 3 aromatic carbocycles. The molecule has 0 amide bonds. The molecular formula is C27H24. The first-order chi connectivity index (χ1) is 13.2. The Morgan fingerprint density at radius 1 is 0.741 bits per heavy atom. The normalized spacial score (nSPS) is 22.1. The van der Waals surface area contributed by atoms with Gasteiger partial charge in [0.05, 0.1) is 5.41 Å². The van der Waals surface area contributed by atoms with Crippen LogP contribution in [0.25, 0.3) is 0 Å². The van der Waals surface area contributed by atoms with Crippen molar-refractivity contribution in [3.8, 4) is 0 Å². The number of benzene rings is 3. The Bertz CT molecular complexity index is 1010. The van der Waals surface area contributed by atoms with Crippen LogP contribution < -0.4 is 0 Å². The van der Waals surface area contributed by atoms with Gasteiger partial charge >= 0.3 is 0 Å². The quantitative estimate of drug-likeness (QED) is 0.497. The van der Waals surface area contributed by atoms with Crippen LogP contribution in [0.1, 0.15) is 41.2 Å². The first-order valence-corrected chi connectivity index (χ1v) is 9.78. The third-order valence-corrected chi connectivity index (χ3v) is 6.51. The molecule has 0 aliphatic heterocycles. The SMILES string of the molecule is Cc1ccc2c(c1)C(c1ccccc1)(c1ccccc1)C1=CC=CCC12C. The zero-order chi connectivity index (χ0) is 18.5. The Morgan fingerprint density at radius 3 is 2.00 bits per heavy atom. The lowest BCUT2D eigenvalue weighted by Gasteiger charge is -2.39. The van der Waals surface area contributed by atoms with Gasteiger partial charge in [-0.1, -0.05) is 110 Å². The Hall–Kier alpha value is -2.86. The van der Waals surface area contributed by atoms with E-state index in [4.69, 9.17) is 0 Å². The summed E-state index contributed by atoms with van der Waals surface area (Å²) in [6, 6.07) is 29.1. The lowest BCUT2D eigenvalue weighted by molar-refractivity contribution is 0.540. The maximum Gasteiger partial charge on any atom is 0.0676 e. The van der Waals surface area contributed by atoms with Crippen molar-refractivity contribution in [2.75, 3.05) is 0 Å². The fourth-order valence-corrected chi connectivity index (χ4v) is 5.32. The van der Waals surface area contributed by atoms with Gasteiger partial charge in [-0.3, -0.25) is 0 Å². The third-order valence-electron chi connectivity index (χ3n) is 6.51. The fraction of sp³-hybridized carbons (Fsp3) is 0.185. The molecule has 0 N–H and O–H groups in total. The molecule has 2 aliphatic rings. The Labute approximate surface area is 161 Å². The van der Waals surface area contributed by atoms with Crippen molar-refractivity contribution in [2.24, 2.45) is 0 Å². The lowest BCUT2D eigenvalue weighted by atomic mass is 9.63. The van der Waals surface area contributed by atoms with E-state index in [2.05, 4.69) is 111 Å². The number of hydrogen-bond acceptors (Lipinski definition) is 0. The van der Waals surface area contributed by atoms with E-state index in [1.54, 1.807) is 0 Å². The zero-order valence-corrected chi connectivity index (χ0v) is 15.9. The van der Waals surface area contributed by atoms with Crippen molar-refractivity contribution < 1.29 is 0 Å². The molecule has 132 valence electrons. The summed E-state index contributed by atoms with van der Waals surface area (Å²) in [5.74, 6) is 0. The van der Waals surface area contributed by atoms with Gasteiger partial charge in [0.1, 0.15) is 0 Å². The van der Waals surface area contributed by atoms with E-state index in [0.29, 0.717) is 0 Å². The van der Waals surface area contributed by atoms with Gasteiger partial charge in [0.2, 0.25) is 0 Å². The van der Waals surface area contributed by atoms with Gasteiger partial charge in [-0.25, -0.2) is 0 Å². The van der Waals surface area contributed by atoms with Gasteiger partial charge in [0.15, 0.2) is 0 Å². The summed E-state index contributed by atoms with van der Waals surface area (Å²) in [7, 11) is 0. The van der Waals surface area contributed by atoms with Crippen molar-refractivity contribution in [3.63, 3.8) is 0 Å². The van der Waals surface area contributed by atoms with Gasteiger partial charge < -0.3 is 0 Å². The molecule has 5 rings (SSSR count). The molecule has 0 saturated heterocycles.